The minimum atomic E-state index is -1.30. The Labute approximate surface area is 120 Å². The standard InChI is InChI=1S/C14H16F2N2O3/c1-14(2)4-3-8(7-14)17-13(19)9-5-12(18(20)21)11(16)6-10(9)15/h5-6,8H,3-4,7H2,1-2H3,(H,17,19). The molecule has 0 heterocycles. The molecule has 0 saturated heterocycles. The van der Waals surface area contributed by atoms with E-state index in [1.807, 2.05) is 0 Å². The van der Waals surface area contributed by atoms with Gasteiger partial charge in [0, 0.05) is 18.2 Å². The Bertz CT molecular complexity index is 602. The maximum absolute atomic E-state index is 13.6. The summed E-state index contributed by atoms with van der Waals surface area (Å²) in [5.41, 5.74) is -1.31. The molecule has 1 unspecified atom stereocenters. The monoisotopic (exact) mass is 298 g/mol. The topological polar surface area (TPSA) is 72.2 Å². The summed E-state index contributed by atoms with van der Waals surface area (Å²) < 4.78 is 26.9. The van der Waals surface area contributed by atoms with E-state index >= 15 is 0 Å². The van der Waals surface area contributed by atoms with Gasteiger partial charge in [0.15, 0.2) is 0 Å². The van der Waals surface area contributed by atoms with Gasteiger partial charge >= 0.3 is 5.69 Å². The van der Waals surface area contributed by atoms with E-state index in [1.165, 1.54) is 0 Å². The molecule has 1 aliphatic carbocycles. The lowest BCUT2D eigenvalue weighted by molar-refractivity contribution is -0.387. The molecule has 0 aliphatic heterocycles. The lowest BCUT2D eigenvalue weighted by Gasteiger charge is -2.18. The maximum atomic E-state index is 13.6. The molecule has 1 aromatic carbocycles. The Morgan fingerprint density at radius 1 is 1.38 bits per heavy atom. The van der Waals surface area contributed by atoms with E-state index in [0.29, 0.717) is 12.1 Å². The number of benzene rings is 1. The SMILES string of the molecule is CC1(C)CCC(NC(=O)c2cc([N+](=O)[O-])c(F)cc2F)C1. The zero-order valence-corrected chi connectivity index (χ0v) is 11.8. The molecule has 1 aromatic rings. The van der Waals surface area contributed by atoms with E-state index < -0.39 is 33.7 Å². The molecule has 1 N–H and O–H groups in total. The number of hydrogen-bond donors (Lipinski definition) is 1. The Hall–Kier alpha value is -2.05. The van der Waals surface area contributed by atoms with Crippen molar-refractivity contribution < 1.29 is 18.5 Å². The Balaban J connectivity index is 2.20. The van der Waals surface area contributed by atoms with Crippen molar-refractivity contribution >= 4 is 11.6 Å². The molecule has 0 radical (unpaired) electrons. The molecular formula is C14H16F2N2O3. The zero-order valence-electron chi connectivity index (χ0n) is 11.8. The third-order valence-electron chi connectivity index (χ3n) is 3.78. The van der Waals surface area contributed by atoms with Crippen molar-refractivity contribution in [2.45, 2.75) is 39.2 Å². The van der Waals surface area contributed by atoms with Gasteiger partial charge < -0.3 is 5.32 Å². The van der Waals surface area contributed by atoms with Crippen molar-refractivity contribution in [2.24, 2.45) is 5.41 Å². The highest BCUT2D eigenvalue weighted by Crippen LogP contribution is 2.37. The van der Waals surface area contributed by atoms with Crippen LogP contribution < -0.4 is 5.32 Å². The number of amides is 1. The van der Waals surface area contributed by atoms with Crippen molar-refractivity contribution in [1.82, 2.24) is 5.32 Å². The van der Waals surface area contributed by atoms with Gasteiger partial charge in [-0.25, -0.2) is 4.39 Å². The Morgan fingerprint density at radius 2 is 2.05 bits per heavy atom. The number of carbonyl (C=O) groups excluding carboxylic acids is 1. The molecule has 7 heteroatoms. The summed E-state index contributed by atoms with van der Waals surface area (Å²) in [5, 5.41) is 13.3. The number of carbonyl (C=O) groups is 1. The number of rotatable bonds is 3. The molecule has 0 aromatic heterocycles. The lowest BCUT2D eigenvalue weighted by atomic mass is 9.92. The van der Waals surface area contributed by atoms with Gasteiger partial charge in [0.2, 0.25) is 5.82 Å². The average molecular weight is 298 g/mol. The van der Waals surface area contributed by atoms with E-state index in [2.05, 4.69) is 19.2 Å². The minimum absolute atomic E-state index is 0.101. The van der Waals surface area contributed by atoms with Crippen molar-refractivity contribution in [1.29, 1.82) is 0 Å². The van der Waals surface area contributed by atoms with Crippen LogP contribution in [-0.4, -0.2) is 16.9 Å². The van der Waals surface area contributed by atoms with E-state index in [4.69, 9.17) is 0 Å². The van der Waals surface area contributed by atoms with Crippen LogP contribution in [0.5, 0.6) is 0 Å². The van der Waals surface area contributed by atoms with Crippen LogP contribution in [-0.2, 0) is 0 Å². The molecule has 1 amide bonds. The summed E-state index contributed by atoms with van der Waals surface area (Å²) in [7, 11) is 0. The van der Waals surface area contributed by atoms with Crippen LogP contribution in [0.3, 0.4) is 0 Å². The molecule has 0 spiro atoms. The predicted octanol–water partition coefficient (Wildman–Crippen LogP) is 3.18. The van der Waals surface area contributed by atoms with E-state index in [0.717, 1.165) is 19.3 Å². The van der Waals surface area contributed by atoms with Gasteiger partial charge in [-0.3, -0.25) is 14.9 Å². The molecule has 21 heavy (non-hydrogen) atoms. The summed E-state index contributed by atoms with van der Waals surface area (Å²) in [6.07, 6.45) is 2.46. The van der Waals surface area contributed by atoms with Crippen LogP contribution in [0.25, 0.3) is 0 Å². The molecule has 2 rings (SSSR count). The summed E-state index contributed by atoms with van der Waals surface area (Å²) in [4.78, 5) is 21.7. The van der Waals surface area contributed by atoms with Crippen molar-refractivity contribution in [3.05, 3.63) is 39.4 Å². The molecular weight excluding hydrogens is 282 g/mol. The molecule has 1 fully saturated rings. The first-order chi connectivity index (χ1) is 9.69. The fourth-order valence-corrected chi connectivity index (χ4v) is 2.67. The maximum Gasteiger partial charge on any atom is 0.305 e. The van der Waals surface area contributed by atoms with Gasteiger partial charge in [0.1, 0.15) is 5.82 Å². The average Bonchev–Trinajstić information content (AvgIpc) is 2.67. The van der Waals surface area contributed by atoms with Crippen LogP contribution in [0.15, 0.2) is 12.1 Å². The van der Waals surface area contributed by atoms with Crippen LogP contribution in [0.1, 0.15) is 43.5 Å². The first-order valence-electron chi connectivity index (χ1n) is 6.64. The minimum Gasteiger partial charge on any atom is -0.349 e. The highest BCUT2D eigenvalue weighted by Gasteiger charge is 2.32. The first-order valence-corrected chi connectivity index (χ1v) is 6.64. The number of nitrogens with zero attached hydrogens (tertiary/aromatic N) is 1. The van der Waals surface area contributed by atoms with Gasteiger partial charge in [-0.05, 0) is 24.7 Å². The summed E-state index contributed by atoms with van der Waals surface area (Å²) >= 11 is 0. The second kappa shape index (κ2) is 5.38. The second-order valence-corrected chi connectivity index (χ2v) is 6.12. The van der Waals surface area contributed by atoms with Crippen molar-refractivity contribution in [2.75, 3.05) is 0 Å². The van der Waals surface area contributed by atoms with Crippen molar-refractivity contribution in [3.8, 4) is 0 Å². The van der Waals surface area contributed by atoms with E-state index in [9.17, 15) is 23.7 Å². The summed E-state index contributed by atoms with van der Waals surface area (Å²) in [6, 6.07) is 0.905. The molecule has 5 nitrogen and oxygen atoms in total. The fraction of sp³-hybridized carbons (Fsp3) is 0.500. The van der Waals surface area contributed by atoms with Gasteiger partial charge in [0.05, 0.1) is 10.5 Å². The highest BCUT2D eigenvalue weighted by molar-refractivity contribution is 5.95. The normalized spacial score (nSPS) is 20.3. The van der Waals surface area contributed by atoms with E-state index in [-0.39, 0.29) is 11.5 Å². The predicted molar refractivity (Wildman–Crippen MR) is 71.9 cm³/mol. The number of nitro benzene ring substituents is 1. The first kappa shape index (κ1) is 15.3. The highest BCUT2D eigenvalue weighted by atomic mass is 19.1. The van der Waals surface area contributed by atoms with Crippen LogP contribution in [0, 0.1) is 27.2 Å². The van der Waals surface area contributed by atoms with Gasteiger partial charge in [-0.15, -0.1) is 0 Å². The Kier molecular flexibility index (Phi) is 3.93. The summed E-state index contributed by atoms with van der Waals surface area (Å²) in [6.45, 7) is 4.14. The third-order valence-corrected chi connectivity index (χ3v) is 3.78. The van der Waals surface area contributed by atoms with E-state index in [1.54, 1.807) is 0 Å². The number of nitrogens with one attached hydrogen (secondary N) is 1. The quantitative estimate of drug-likeness (QED) is 0.688. The number of hydrogen-bond acceptors (Lipinski definition) is 3. The molecule has 0 bridgehead atoms. The largest absolute Gasteiger partial charge is 0.349 e. The second-order valence-electron chi connectivity index (χ2n) is 6.12. The number of halogens is 2. The molecule has 1 atom stereocenters. The van der Waals surface area contributed by atoms with Crippen LogP contribution in [0.2, 0.25) is 0 Å². The molecule has 1 saturated carbocycles. The summed E-state index contributed by atoms with van der Waals surface area (Å²) in [5.74, 6) is -3.15. The third kappa shape index (κ3) is 3.34. The van der Waals surface area contributed by atoms with Gasteiger partial charge in [-0.2, -0.15) is 4.39 Å². The smallest absolute Gasteiger partial charge is 0.305 e. The molecule has 114 valence electrons. The van der Waals surface area contributed by atoms with Gasteiger partial charge in [0.25, 0.3) is 5.91 Å². The van der Waals surface area contributed by atoms with Crippen LogP contribution in [0.4, 0.5) is 14.5 Å². The van der Waals surface area contributed by atoms with Gasteiger partial charge in [-0.1, -0.05) is 13.8 Å². The Morgan fingerprint density at radius 3 is 2.57 bits per heavy atom. The van der Waals surface area contributed by atoms with Crippen molar-refractivity contribution in [3.63, 3.8) is 0 Å². The lowest BCUT2D eigenvalue weighted by Crippen LogP contribution is -2.34. The van der Waals surface area contributed by atoms with Crippen LogP contribution >= 0.6 is 0 Å². The molecule has 1 aliphatic rings. The number of nitro groups is 1. The fourth-order valence-electron chi connectivity index (χ4n) is 2.67. The zero-order chi connectivity index (χ0) is 15.8.